The monoisotopic (exact) mass is 506 g/mol. The van der Waals surface area contributed by atoms with Crippen LogP contribution in [0, 0.1) is 12.7 Å². The summed E-state index contributed by atoms with van der Waals surface area (Å²) in [5.41, 5.74) is 1.62. The van der Waals surface area contributed by atoms with Gasteiger partial charge in [-0.2, -0.15) is 4.98 Å². The molecule has 5 rings (SSSR count). The molecule has 0 aliphatic carbocycles. The second kappa shape index (κ2) is 8.59. The van der Waals surface area contributed by atoms with E-state index in [0.717, 1.165) is 4.90 Å². The number of rotatable bonds is 5. The molecule has 0 radical (unpaired) electrons. The number of hydrogen-bond donors (Lipinski definition) is 1. The van der Waals surface area contributed by atoms with E-state index in [4.69, 9.17) is 16.0 Å². The molecule has 1 fully saturated rings. The Balaban J connectivity index is 1.40. The summed E-state index contributed by atoms with van der Waals surface area (Å²) in [6, 6.07) is 9.15. The molecule has 1 atom stereocenters. The van der Waals surface area contributed by atoms with Crippen LogP contribution in [-0.2, 0) is 0 Å². The third-order valence-electron chi connectivity index (χ3n) is 5.65. The van der Waals surface area contributed by atoms with E-state index in [9.17, 15) is 18.0 Å². The normalized spacial score (nSPS) is 17.4. The number of amides is 1. The van der Waals surface area contributed by atoms with Crippen LogP contribution in [0.2, 0.25) is 5.02 Å². The Morgan fingerprint density at radius 2 is 2.03 bits per heavy atom. The number of anilines is 1. The highest BCUT2D eigenvalue weighted by atomic mass is 35.5. The Morgan fingerprint density at radius 1 is 1.26 bits per heavy atom. The van der Waals surface area contributed by atoms with Crippen molar-refractivity contribution < 1.29 is 22.4 Å². The first kappa shape index (κ1) is 22.7. The van der Waals surface area contributed by atoms with Gasteiger partial charge < -0.3 is 14.6 Å². The van der Waals surface area contributed by atoms with Gasteiger partial charge in [0.2, 0.25) is 0 Å². The van der Waals surface area contributed by atoms with Crippen molar-refractivity contribution in [1.82, 2.24) is 14.9 Å². The number of hydrogen-bond acceptors (Lipinski definition) is 6. The predicted octanol–water partition coefficient (Wildman–Crippen LogP) is 6.01. The number of nitrogens with one attached hydrogen (secondary N) is 1. The second-order valence-corrected chi connectivity index (χ2v) is 9.59. The molecule has 1 saturated heterocycles. The molecule has 1 aliphatic rings. The van der Waals surface area contributed by atoms with E-state index in [0.29, 0.717) is 31.6 Å². The summed E-state index contributed by atoms with van der Waals surface area (Å²) in [6.07, 6.45) is -0.469. The van der Waals surface area contributed by atoms with E-state index in [2.05, 4.69) is 15.3 Å². The van der Waals surface area contributed by atoms with Gasteiger partial charge in [0.05, 0.1) is 9.88 Å². The van der Waals surface area contributed by atoms with Gasteiger partial charge in [0, 0.05) is 24.5 Å². The van der Waals surface area contributed by atoms with Gasteiger partial charge in [0.25, 0.3) is 17.8 Å². The fourth-order valence-corrected chi connectivity index (χ4v) is 5.07. The molecule has 0 bridgehead atoms. The van der Waals surface area contributed by atoms with Crippen LogP contribution in [0.3, 0.4) is 0 Å². The summed E-state index contributed by atoms with van der Waals surface area (Å²) in [7, 11) is 0. The second-order valence-electron chi connectivity index (χ2n) is 7.95. The lowest BCUT2D eigenvalue weighted by molar-refractivity contribution is -0.0250. The highest BCUT2D eigenvalue weighted by Crippen LogP contribution is 2.38. The Kier molecular flexibility index (Phi) is 5.73. The quantitative estimate of drug-likeness (QED) is 0.359. The topological polar surface area (TPSA) is 71.3 Å². The first-order valence-electron chi connectivity index (χ1n) is 10.4. The van der Waals surface area contributed by atoms with Gasteiger partial charge in [-0.25, -0.2) is 18.2 Å². The summed E-state index contributed by atoms with van der Waals surface area (Å²) in [5, 5.41) is 3.87. The summed E-state index contributed by atoms with van der Waals surface area (Å²) >= 11 is 7.21. The van der Waals surface area contributed by atoms with E-state index in [1.165, 1.54) is 35.6 Å². The molecule has 0 unspecified atom stereocenters. The number of alkyl halides is 2. The first-order chi connectivity index (χ1) is 16.2. The fourth-order valence-electron chi connectivity index (χ4n) is 3.99. The van der Waals surface area contributed by atoms with Gasteiger partial charge in [-0.05, 0) is 42.8 Å². The van der Waals surface area contributed by atoms with Crippen LogP contribution in [0.15, 0.2) is 46.9 Å². The van der Waals surface area contributed by atoms with Gasteiger partial charge in [-0.1, -0.05) is 23.7 Å². The van der Waals surface area contributed by atoms with Crippen LogP contribution in [0.5, 0.6) is 0 Å². The molecule has 1 amide bonds. The number of nitrogens with zero attached hydrogens (tertiary/aromatic N) is 3. The molecular formula is C23H18ClF3N4O2S. The van der Waals surface area contributed by atoms with Crippen LogP contribution in [0.25, 0.3) is 21.5 Å². The van der Waals surface area contributed by atoms with Gasteiger partial charge in [0.15, 0.2) is 5.58 Å². The molecular weight excluding hydrogens is 489 g/mol. The summed E-state index contributed by atoms with van der Waals surface area (Å²) < 4.78 is 48.5. The van der Waals surface area contributed by atoms with Crippen molar-refractivity contribution in [3.05, 3.63) is 64.0 Å². The van der Waals surface area contributed by atoms with Gasteiger partial charge in [0.1, 0.15) is 23.1 Å². The lowest BCUT2D eigenvalue weighted by atomic mass is 10.1. The number of oxazole rings is 1. The maximum absolute atomic E-state index is 14.8. The lowest BCUT2D eigenvalue weighted by Crippen LogP contribution is -2.47. The predicted molar refractivity (Wildman–Crippen MR) is 124 cm³/mol. The summed E-state index contributed by atoms with van der Waals surface area (Å²) in [6.45, 7) is 1.33. The average Bonchev–Trinajstić information content (AvgIpc) is 3.46. The molecule has 0 saturated carbocycles. The number of benzene rings is 2. The SMILES string of the molecule is Cc1nc(C(=O)N2CCC(F)(F)[C@H]2CNc2nc3cc(Cl)ccc3o2)c(-c2ccc(F)cc2)s1. The van der Waals surface area contributed by atoms with Gasteiger partial charge in [-0.15, -0.1) is 11.3 Å². The molecule has 3 heterocycles. The first-order valence-corrected chi connectivity index (χ1v) is 11.6. The number of likely N-dealkylation sites (tertiary alicyclic amines) is 1. The Labute approximate surface area is 201 Å². The Morgan fingerprint density at radius 3 is 2.79 bits per heavy atom. The summed E-state index contributed by atoms with van der Waals surface area (Å²) in [4.78, 5) is 23.6. The molecule has 11 heteroatoms. The molecule has 6 nitrogen and oxygen atoms in total. The number of halogens is 4. The molecule has 0 spiro atoms. The zero-order valence-electron chi connectivity index (χ0n) is 17.8. The third-order valence-corrected chi connectivity index (χ3v) is 6.90. The highest BCUT2D eigenvalue weighted by molar-refractivity contribution is 7.15. The van der Waals surface area contributed by atoms with Crippen molar-refractivity contribution >= 4 is 46.0 Å². The third kappa shape index (κ3) is 4.23. The zero-order valence-corrected chi connectivity index (χ0v) is 19.4. The summed E-state index contributed by atoms with van der Waals surface area (Å²) in [5.74, 6) is -4.12. The molecule has 2 aromatic heterocycles. The number of carbonyl (C=O) groups excluding carboxylic acids is 1. The zero-order chi connectivity index (χ0) is 24.0. The van der Waals surface area contributed by atoms with E-state index in [1.54, 1.807) is 25.1 Å². The van der Waals surface area contributed by atoms with E-state index >= 15 is 0 Å². The van der Waals surface area contributed by atoms with E-state index in [1.807, 2.05) is 0 Å². The largest absolute Gasteiger partial charge is 0.424 e. The van der Waals surface area contributed by atoms with E-state index < -0.39 is 30.1 Å². The van der Waals surface area contributed by atoms with Crippen molar-refractivity contribution in [1.29, 1.82) is 0 Å². The van der Waals surface area contributed by atoms with Crippen molar-refractivity contribution in [2.24, 2.45) is 0 Å². The minimum atomic E-state index is -3.11. The number of thiazole rings is 1. The van der Waals surface area contributed by atoms with Gasteiger partial charge >= 0.3 is 0 Å². The van der Waals surface area contributed by atoms with Crippen LogP contribution in [0.4, 0.5) is 19.2 Å². The van der Waals surface area contributed by atoms with Crippen molar-refractivity contribution in [2.75, 3.05) is 18.4 Å². The number of aryl methyl sites for hydroxylation is 1. The highest BCUT2D eigenvalue weighted by Gasteiger charge is 2.51. The molecule has 176 valence electrons. The standard InChI is InChI=1S/C23H18ClF3N4O2S/c1-12-29-19(20(34-12)13-2-5-15(25)6-3-13)21(32)31-9-8-23(26,27)18(31)11-28-22-30-16-10-14(24)4-7-17(16)33-22/h2-7,10,18H,8-9,11H2,1H3,(H,28,30)/t18-/m1/s1. The number of aromatic nitrogens is 2. The maximum atomic E-state index is 14.8. The number of carbonyl (C=O) groups is 1. The van der Waals surface area contributed by atoms with Crippen LogP contribution in [-0.4, -0.2) is 45.8 Å². The maximum Gasteiger partial charge on any atom is 0.295 e. The molecule has 4 aromatic rings. The fraction of sp³-hybridized carbons (Fsp3) is 0.261. The van der Waals surface area contributed by atoms with Crippen molar-refractivity contribution in [3.63, 3.8) is 0 Å². The molecule has 1 aliphatic heterocycles. The van der Waals surface area contributed by atoms with Crippen LogP contribution in [0.1, 0.15) is 21.9 Å². The van der Waals surface area contributed by atoms with Crippen molar-refractivity contribution in [3.8, 4) is 10.4 Å². The Bertz CT molecular complexity index is 1370. The molecule has 34 heavy (non-hydrogen) atoms. The van der Waals surface area contributed by atoms with Crippen LogP contribution >= 0.6 is 22.9 Å². The molecule has 1 N–H and O–H groups in total. The molecule has 2 aromatic carbocycles. The number of fused-ring (bicyclic) bond motifs is 1. The minimum Gasteiger partial charge on any atom is -0.424 e. The van der Waals surface area contributed by atoms with Gasteiger partial charge in [-0.3, -0.25) is 4.79 Å². The Hall–Kier alpha value is -3.11. The van der Waals surface area contributed by atoms with E-state index in [-0.39, 0.29) is 24.8 Å². The average molecular weight is 507 g/mol. The van der Waals surface area contributed by atoms with Crippen molar-refractivity contribution in [2.45, 2.75) is 25.3 Å². The minimum absolute atomic E-state index is 0.0591. The smallest absolute Gasteiger partial charge is 0.295 e. The van der Waals surface area contributed by atoms with Crippen LogP contribution < -0.4 is 5.32 Å². The lowest BCUT2D eigenvalue weighted by Gasteiger charge is -2.27.